The van der Waals surface area contributed by atoms with Crippen molar-refractivity contribution >= 4 is 34.5 Å². The van der Waals surface area contributed by atoms with Crippen LogP contribution in [0.4, 0.5) is 5.69 Å². The second kappa shape index (κ2) is 6.43. The molecule has 0 heterocycles. The Morgan fingerprint density at radius 1 is 1.33 bits per heavy atom. The first-order valence-corrected chi connectivity index (χ1v) is 7.62. The van der Waals surface area contributed by atoms with Crippen molar-refractivity contribution in [1.82, 2.24) is 0 Å². The van der Waals surface area contributed by atoms with Gasteiger partial charge in [-0.2, -0.15) is 0 Å². The molecule has 1 rings (SSSR count). The van der Waals surface area contributed by atoms with Crippen molar-refractivity contribution in [3.05, 3.63) is 32.8 Å². The van der Waals surface area contributed by atoms with E-state index in [0.29, 0.717) is 4.47 Å². The van der Waals surface area contributed by atoms with E-state index in [1.807, 2.05) is 0 Å². The fourth-order valence-electron chi connectivity index (χ4n) is 1.43. The lowest BCUT2D eigenvalue weighted by atomic mass is 10.3. The lowest BCUT2D eigenvalue weighted by Gasteiger charge is -2.18. The quantitative estimate of drug-likeness (QED) is 0.452. The third kappa shape index (κ3) is 3.17. The Morgan fingerprint density at radius 2 is 1.89 bits per heavy atom. The first kappa shape index (κ1) is 15.3. The summed E-state index contributed by atoms with van der Waals surface area (Å²) in [4.78, 5) is 10.4. The number of nitro benzene ring substituents is 1. The number of halogens is 1. The third-order valence-corrected chi connectivity index (χ3v) is 5.22. The highest BCUT2D eigenvalue weighted by Crippen LogP contribution is 2.50. The highest BCUT2D eigenvalue weighted by atomic mass is 79.9. The Balaban J connectivity index is 3.44. The Kier molecular flexibility index (Phi) is 5.47. The van der Waals surface area contributed by atoms with E-state index in [4.69, 9.17) is 9.05 Å². The van der Waals surface area contributed by atoms with Crippen molar-refractivity contribution in [1.29, 1.82) is 0 Å². The van der Waals surface area contributed by atoms with E-state index in [-0.39, 0.29) is 24.2 Å². The molecule has 1 aromatic rings. The van der Waals surface area contributed by atoms with Crippen molar-refractivity contribution in [2.24, 2.45) is 0 Å². The summed E-state index contributed by atoms with van der Waals surface area (Å²) in [6, 6.07) is 4.33. The third-order valence-electron chi connectivity index (χ3n) is 2.03. The van der Waals surface area contributed by atoms with E-state index in [1.54, 1.807) is 19.9 Å². The minimum atomic E-state index is -3.69. The van der Waals surface area contributed by atoms with Crippen LogP contribution in [-0.4, -0.2) is 18.1 Å². The van der Waals surface area contributed by atoms with Crippen molar-refractivity contribution < 1.29 is 18.5 Å². The Hall–Kier alpha value is -0.750. The van der Waals surface area contributed by atoms with Crippen molar-refractivity contribution in [3.63, 3.8) is 0 Å². The SMILES string of the molecule is CCOP(=O)(OCC)c1c(Br)cccc1[N+](=O)[O-]. The van der Waals surface area contributed by atoms with E-state index in [0.717, 1.165) is 0 Å². The van der Waals surface area contributed by atoms with Gasteiger partial charge in [0.25, 0.3) is 5.69 Å². The Bertz CT molecular complexity index is 483. The van der Waals surface area contributed by atoms with Gasteiger partial charge in [-0.05, 0) is 35.8 Å². The Labute approximate surface area is 113 Å². The molecule has 0 radical (unpaired) electrons. The van der Waals surface area contributed by atoms with E-state index in [2.05, 4.69) is 15.9 Å². The van der Waals surface area contributed by atoms with Crippen LogP contribution in [0.15, 0.2) is 22.7 Å². The zero-order valence-corrected chi connectivity index (χ0v) is 12.4. The van der Waals surface area contributed by atoms with Gasteiger partial charge in [-0.1, -0.05) is 6.07 Å². The minimum Gasteiger partial charge on any atom is -0.305 e. The van der Waals surface area contributed by atoms with E-state index in [1.165, 1.54) is 12.1 Å². The molecule has 6 nitrogen and oxygen atoms in total. The first-order valence-electron chi connectivity index (χ1n) is 5.28. The van der Waals surface area contributed by atoms with Gasteiger partial charge in [-0.3, -0.25) is 14.7 Å². The monoisotopic (exact) mass is 337 g/mol. The second-order valence-corrected chi connectivity index (χ2v) is 6.01. The first-order chi connectivity index (χ1) is 8.46. The molecule has 0 saturated heterocycles. The highest BCUT2D eigenvalue weighted by molar-refractivity contribution is 9.10. The highest BCUT2D eigenvalue weighted by Gasteiger charge is 2.36. The van der Waals surface area contributed by atoms with Crippen LogP contribution in [-0.2, 0) is 13.6 Å². The summed E-state index contributed by atoms with van der Waals surface area (Å²) in [7, 11) is -3.69. The zero-order valence-electron chi connectivity index (χ0n) is 9.96. The standard InChI is InChI=1S/C10H13BrNO5P/c1-3-16-18(15,17-4-2)10-8(11)6-5-7-9(10)12(13)14/h5-7H,3-4H2,1-2H3. The average molecular weight is 338 g/mol. The maximum absolute atomic E-state index is 12.6. The molecule has 0 aliphatic rings. The summed E-state index contributed by atoms with van der Waals surface area (Å²) < 4.78 is 23.2. The topological polar surface area (TPSA) is 78.7 Å². The number of nitrogens with zero attached hydrogens (tertiary/aromatic N) is 1. The largest absolute Gasteiger partial charge is 0.369 e. The van der Waals surface area contributed by atoms with Crippen LogP contribution in [0.3, 0.4) is 0 Å². The van der Waals surface area contributed by atoms with Crippen LogP contribution in [0.2, 0.25) is 0 Å². The second-order valence-electron chi connectivity index (χ2n) is 3.20. The normalized spacial score (nSPS) is 11.5. The lowest BCUT2D eigenvalue weighted by molar-refractivity contribution is -0.383. The van der Waals surface area contributed by atoms with Crippen LogP contribution in [0, 0.1) is 10.1 Å². The summed E-state index contributed by atoms with van der Waals surface area (Å²) in [6.45, 7) is 3.56. The van der Waals surface area contributed by atoms with Gasteiger partial charge in [0.1, 0.15) is 0 Å². The molecule has 1 aromatic carbocycles. The molecule has 0 saturated carbocycles. The molecule has 0 unspecified atom stereocenters. The number of nitro groups is 1. The summed E-state index contributed by atoms with van der Waals surface area (Å²) in [5, 5.41) is 10.9. The molecule has 0 N–H and O–H groups in total. The molecule has 0 bridgehead atoms. The Morgan fingerprint density at radius 3 is 2.33 bits per heavy atom. The molecule has 100 valence electrons. The van der Waals surface area contributed by atoms with Gasteiger partial charge in [-0.25, -0.2) is 0 Å². The molecule has 0 aliphatic carbocycles. The van der Waals surface area contributed by atoms with Crippen LogP contribution >= 0.6 is 23.5 Å². The lowest BCUT2D eigenvalue weighted by Crippen LogP contribution is -2.16. The summed E-state index contributed by atoms with van der Waals surface area (Å²) in [6.07, 6.45) is 0. The van der Waals surface area contributed by atoms with Crippen molar-refractivity contribution in [3.8, 4) is 0 Å². The summed E-state index contributed by atoms with van der Waals surface area (Å²) >= 11 is 3.15. The van der Waals surface area contributed by atoms with Crippen LogP contribution in [0.5, 0.6) is 0 Å². The number of benzene rings is 1. The van der Waals surface area contributed by atoms with Gasteiger partial charge >= 0.3 is 7.60 Å². The number of rotatable bonds is 6. The zero-order chi connectivity index (χ0) is 13.8. The molecule has 0 amide bonds. The van der Waals surface area contributed by atoms with Crippen molar-refractivity contribution in [2.45, 2.75) is 13.8 Å². The fourth-order valence-corrected chi connectivity index (χ4v) is 4.22. The van der Waals surface area contributed by atoms with E-state index in [9.17, 15) is 14.7 Å². The van der Waals surface area contributed by atoms with Crippen LogP contribution in [0.25, 0.3) is 0 Å². The van der Waals surface area contributed by atoms with Crippen LogP contribution < -0.4 is 5.30 Å². The van der Waals surface area contributed by atoms with Gasteiger partial charge in [0, 0.05) is 10.5 Å². The number of hydrogen-bond acceptors (Lipinski definition) is 5. The van der Waals surface area contributed by atoms with Gasteiger partial charge in [0.2, 0.25) is 0 Å². The smallest absolute Gasteiger partial charge is 0.305 e. The number of hydrogen-bond donors (Lipinski definition) is 0. The molecule has 0 fully saturated rings. The molecule has 0 aliphatic heterocycles. The maximum atomic E-state index is 12.6. The van der Waals surface area contributed by atoms with Crippen molar-refractivity contribution in [2.75, 3.05) is 13.2 Å². The van der Waals surface area contributed by atoms with Gasteiger partial charge in [-0.15, -0.1) is 0 Å². The predicted molar refractivity (Wildman–Crippen MR) is 71.3 cm³/mol. The minimum absolute atomic E-state index is 0.0429. The molecule has 8 heteroatoms. The fraction of sp³-hybridized carbons (Fsp3) is 0.400. The molecule has 0 aromatic heterocycles. The molecular formula is C10H13BrNO5P. The van der Waals surface area contributed by atoms with E-state index >= 15 is 0 Å². The van der Waals surface area contributed by atoms with E-state index < -0.39 is 12.5 Å². The predicted octanol–water partition coefficient (Wildman–Crippen LogP) is 3.25. The molecule has 18 heavy (non-hydrogen) atoms. The van der Waals surface area contributed by atoms with Gasteiger partial charge in [0.05, 0.1) is 18.1 Å². The average Bonchev–Trinajstić information content (AvgIpc) is 2.28. The maximum Gasteiger partial charge on any atom is 0.369 e. The van der Waals surface area contributed by atoms with Gasteiger partial charge < -0.3 is 9.05 Å². The van der Waals surface area contributed by atoms with Crippen LogP contribution in [0.1, 0.15) is 13.8 Å². The molecule has 0 spiro atoms. The molecule has 0 atom stereocenters. The van der Waals surface area contributed by atoms with Gasteiger partial charge in [0.15, 0.2) is 5.30 Å². The summed E-state index contributed by atoms with van der Waals surface area (Å²) in [5.74, 6) is 0. The molecular weight excluding hydrogens is 325 g/mol. The summed E-state index contributed by atoms with van der Waals surface area (Å²) in [5.41, 5.74) is -0.283.